The van der Waals surface area contributed by atoms with Crippen LogP contribution in [0.4, 0.5) is 24.7 Å². The molecule has 21 heavy (non-hydrogen) atoms. The van der Waals surface area contributed by atoms with E-state index in [2.05, 4.69) is 4.98 Å². The number of nitrogen functional groups attached to an aromatic ring is 1. The molecule has 0 aliphatic carbocycles. The summed E-state index contributed by atoms with van der Waals surface area (Å²) in [7, 11) is 0. The minimum Gasteiger partial charge on any atom is -0.462 e. The van der Waals surface area contributed by atoms with Gasteiger partial charge in [-0.25, -0.2) is 9.78 Å². The van der Waals surface area contributed by atoms with E-state index in [1.807, 2.05) is 0 Å². The number of alkyl halides is 3. The lowest BCUT2D eigenvalue weighted by atomic mass is 10.2. The topological polar surface area (TPSA) is 88.7 Å². The Hall–Kier alpha value is -2.03. The van der Waals surface area contributed by atoms with Crippen LogP contribution in [0.5, 0.6) is 0 Å². The number of carbonyl (C=O) groups is 1. The first-order valence-corrected chi connectivity index (χ1v) is 6.14. The summed E-state index contributed by atoms with van der Waals surface area (Å²) in [4.78, 5) is 16.2. The maximum Gasteiger partial charge on any atom is 0.405 e. The molecule has 0 saturated carbocycles. The predicted molar refractivity (Wildman–Crippen MR) is 70.0 cm³/mol. The Morgan fingerprint density at radius 2 is 2.19 bits per heavy atom. The molecule has 0 atom stereocenters. The Balaban J connectivity index is 3.14. The summed E-state index contributed by atoms with van der Waals surface area (Å²) in [6.45, 7) is -0.461. The van der Waals surface area contributed by atoms with Gasteiger partial charge in [0, 0.05) is 12.7 Å². The molecular weight excluding hydrogens is 291 g/mol. The Bertz CT molecular complexity index is 494. The number of anilines is 2. The number of nitrogens with zero attached hydrogens (tertiary/aromatic N) is 2. The summed E-state index contributed by atoms with van der Waals surface area (Å²) < 4.78 is 42.4. The molecule has 0 bridgehead atoms. The van der Waals surface area contributed by atoms with Gasteiger partial charge in [-0.3, -0.25) is 0 Å². The number of carbonyl (C=O) groups excluding carboxylic acids is 1. The molecule has 0 aliphatic rings. The zero-order valence-electron chi connectivity index (χ0n) is 11.4. The molecule has 6 nitrogen and oxygen atoms in total. The summed E-state index contributed by atoms with van der Waals surface area (Å²) in [6.07, 6.45) is -3.33. The monoisotopic (exact) mass is 307 g/mol. The van der Waals surface area contributed by atoms with Crippen molar-refractivity contribution in [2.45, 2.75) is 13.1 Å². The van der Waals surface area contributed by atoms with Crippen molar-refractivity contribution in [2.24, 2.45) is 0 Å². The summed E-state index contributed by atoms with van der Waals surface area (Å²) in [5.41, 5.74) is 5.43. The maximum absolute atomic E-state index is 12.5. The Morgan fingerprint density at radius 1 is 1.52 bits per heavy atom. The molecule has 3 N–H and O–H groups in total. The second-order valence-electron chi connectivity index (χ2n) is 4.08. The average Bonchev–Trinajstić information content (AvgIpc) is 2.37. The van der Waals surface area contributed by atoms with Crippen LogP contribution in [-0.2, 0) is 4.74 Å². The van der Waals surface area contributed by atoms with E-state index in [1.165, 1.54) is 12.3 Å². The van der Waals surface area contributed by atoms with Gasteiger partial charge in [-0.05, 0) is 13.0 Å². The first-order chi connectivity index (χ1) is 9.80. The minimum atomic E-state index is -4.50. The van der Waals surface area contributed by atoms with Gasteiger partial charge in [0.05, 0.1) is 24.5 Å². The molecule has 9 heteroatoms. The van der Waals surface area contributed by atoms with E-state index in [-0.39, 0.29) is 30.2 Å². The van der Waals surface area contributed by atoms with Crippen LogP contribution in [0.25, 0.3) is 0 Å². The highest BCUT2D eigenvalue weighted by Gasteiger charge is 2.32. The van der Waals surface area contributed by atoms with Gasteiger partial charge in [0.1, 0.15) is 6.54 Å². The third-order valence-corrected chi connectivity index (χ3v) is 2.50. The summed E-state index contributed by atoms with van der Waals surface area (Å²) in [5.74, 6) is -0.957. The average molecular weight is 307 g/mol. The second-order valence-corrected chi connectivity index (χ2v) is 4.08. The van der Waals surface area contributed by atoms with E-state index < -0.39 is 25.3 Å². The highest BCUT2D eigenvalue weighted by atomic mass is 19.4. The van der Waals surface area contributed by atoms with Gasteiger partial charge in [-0.2, -0.15) is 13.2 Å². The predicted octanol–water partition coefficient (Wildman–Crippen LogP) is 1.20. The number of halogens is 3. The molecule has 1 aromatic heterocycles. The van der Waals surface area contributed by atoms with Crippen LogP contribution >= 0.6 is 0 Å². The lowest BCUT2D eigenvalue weighted by Crippen LogP contribution is -2.37. The first kappa shape index (κ1) is 17.0. The summed E-state index contributed by atoms with van der Waals surface area (Å²) in [6, 6.07) is 1.27. The number of rotatable bonds is 6. The number of hydrogen-bond donors (Lipinski definition) is 2. The van der Waals surface area contributed by atoms with Crippen LogP contribution in [0.2, 0.25) is 0 Å². The normalized spacial score (nSPS) is 11.3. The maximum atomic E-state index is 12.5. The Labute approximate surface area is 119 Å². The molecule has 1 rings (SSSR count). The largest absolute Gasteiger partial charge is 0.462 e. The van der Waals surface area contributed by atoms with E-state index in [1.54, 1.807) is 6.92 Å². The molecule has 0 aromatic carbocycles. The number of ether oxygens (including phenoxy) is 1. The van der Waals surface area contributed by atoms with Crippen LogP contribution in [0, 0.1) is 0 Å². The molecule has 0 saturated heterocycles. The summed E-state index contributed by atoms with van der Waals surface area (Å²) in [5, 5.41) is 8.88. The van der Waals surface area contributed by atoms with Gasteiger partial charge in [-0.15, -0.1) is 0 Å². The van der Waals surface area contributed by atoms with E-state index in [0.717, 1.165) is 4.90 Å². The molecule has 0 spiro atoms. The zero-order valence-corrected chi connectivity index (χ0v) is 11.4. The summed E-state index contributed by atoms with van der Waals surface area (Å²) >= 11 is 0. The van der Waals surface area contributed by atoms with Gasteiger partial charge >= 0.3 is 12.1 Å². The van der Waals surface area contributed by atoms with E-state index in [0.29, 0.717) is 0 Å². The van der Waals surface area contributed by atoms with Crippen molar-refractivity contribution in [1.82, 2.24) is 4.98 Å². The van der Waals surface area contributed by atoms with E-state index >= 15 is 0 Å². The first-order valence-electron chi connectivity index (χ1n) is 6.14. The molecule has 0 amide bonds. The van der Waals surface area contributed by atoms with Crippen LogP contribution in [0.1, 0.15) is 17.3 Å². The van der Waals surface area contributed by atoms with Crippen LogP contribution < -0.4 is 10.6 Å². The fourth-order valence-electron chi connectivity index (χ4n) is 1.70. The molecule has 1 heterocycles. The van der Waals surface area contributed by atoms with E-state index in [4.69, 9.17) is 15.6 Å². The smallest absolute Gasteiger partial charge is 0.405 e. The third kappa shape index (κ3) is 4.78. The fourth-order valence-corrected chi connectivity index (χ4v) is 1.70. The highest BCUT2D eigenvalue weighted by Crippen LogP contribution is 2.27. The molecule has 1 aromatic rings. The van der Waals surface area contributed by atoms with Crippen molar-refractivity contribution in [3.63, 3.8) is 0 Å². The van der Waals surface area contributed by atoms with Gasteiger partial charge in [0.15, 0.2) is 5.82 Å². The number of hydrogen-bond acceptors (Lipinski definition) is 6. The SMILES string of the molecule is CCOC(=O)c1ccnc(N(CCO)CC(F)(F)F)c1N. The quantitative estimate of drug-likeness (QED) is 0.768. The zero-order chi connectivity index (χ0) is 16.0. The third-order valence-electron chi connectivity index (χ3n) is 2.50. The number of nitrogens with two attached hydrogens (primary N) is 1. The number of aromatic nitrogens is 1. The Kier molecular flexibility index (Phi) is 5.77. The number of pyridine rings is 1. The number of aliphatic hydroxyl groups excluding tert-OH is 1. The molecule has 118 valence electrons. The lowest BCUT2D eigenvalue weighted by Gasteiger charge is -2.25. The molecule has 0 radical (unpaired) electrons. The molecule has 0 aliphatic heterocycles. The Morgan fingerprint density at radius 3 is 2.71 bits per heavy atom. The van der Waals surface area contributed by atoms with Crippen molar-refractivity contribution in [2.75, 3.05) is 36.9 Å². The van der Waals surface area contributed by atoms with Crippen molar-refractivity contribution in [3.05, 3.63) is 17.8 Å². The van der Waals surface area contributed by atoms with Gasteiger partial charge < -0.3 is 20.5 Å². The van der Waals surface area contributed by atoms with Crippen LogP contribution in [-0.4, -0.2) is 48.5 Å². The highest BCUT2D eigenvalue weighted by molar-refractivity contribution is 5.97. The number of aliphatic hydroxyl groups is 1. The molecule has 0 unspecified atom stereocenters. The van der Waals surface area contributed by atoms with Gasteiger partial charge in [-0.1, -0.05) is 0 Å². The van der Waals surface area contributed by atoms with E-state index in [9.17, 15) is 18.0 Å². The standard InChI is InChI=1S/C12H16F3N3O3/c1-2-21-11(20)8-3-4-17-10(9(8)16)18(5-6-19)7-12(13,14)15/h3-4,19H,2,5-7,16H2,1H3. The molecule has 0 fully saturated rings. The second kappa shape index (κ2) is 7.11. The van der Waals surface area contributed by atoms with Crippen LogP contribution in [0.3, 0.4) is 0 Å². The molecular formula is C12H16F3N3O3. The fraction of sp³-hybridized carbons (Fsp3) is 0.500. The van der Waals surface area contributed by atoms with Crippen molar-refractivity contribution in [3.8, 4) is 0 Å². The number of esters is 1. The van der Waals surface area contributed by atoms with Crippen molar-refractivity contribution in [1.29, 1.82) is 0 Å². The van der Waals surface area contributed by atoms with Crippen molar-refractivity contribution < 1.29 is 27.8 Å². The van der Waals surface area contributed by atoms with Gasteiger partial charge in [0.25, 0.3) is 0 Å². The minimum absolute atomic E-state index is 0.0630. The van der Waals surface area contributed by atoms with Gasteiger partial charge in [0.2, 0.25) is 0 Å². The van der Waals surface area contributed by atoms with Crippen LogP contribution in [0.15, 0.2) is 12.3 Å². The lowest BCUT2D eigenvalue weighted by molar-refractivity contribution is -0.119. The van der Waals surface area contributed by atoms with Crippen molar-refractivity contribution >= 4 is 17.5 Å².